The maximum Gasteiger partial charge on any atom is 0.409 e. The molecule has 1 aromatic heterocycles. The van der Waals surface area contributed by atoms with Gasteiger partial charge < -0.3 is 15.4 Å². The van der Waals surface area contributed by atoms with Crippen LogP contribution in [0.2, 0.25) is 0 Å². The van der Waals surface area contributed by atoms with Gasteiger partial charge in [0.2, 0.25) is 0 Å². The molecule has 1 aliphatic rings. The number of hydrogen-bond acceptors (Lipinski definition) is 5. The van der Waals surface area contributed by atoms with Crippen molar-refractivity contribution in [2.24, 2.45) is 5.73 Å². The van der Waals surface area contributed by atoms with Gasteiger partial charge in [-0.2, -0.15) is 0 Å². The molecule has 1 aliphatic heterocycles. The number of amides is 1. The third-order valence-electron chi connectivity index (χ3n) is 3.82. The Bertz CT molecular complexity index is 478. The average molecular weight is 264 g/mol. The van der Waals surface area contributed by atoms with Crippen molar-refractivity contribution in [3.63, 3.8) is 0 Å². The zero-order valence-electron chi connectivity index (χ0n) is 11.6. The molecule has 6 nitrogen and oxygen atoms in total. The molecule has 0 aliphatic carbocycles. The van der Waals surface area contributed by atoms with E-state index < -0.39 is 0 Å². The molecule has 0 saturated carbocycles. The van der Waals surface area contributed by atoms with Crippen LogP contribution >= 0.6 is 0 Å². The molecular weight excluding hydrogens is 244 g/mol. The number of methoxy groups -OCH3 is 1. The Labute approximate surface area is 113 Å². The largest absolute Gasteiger partial charge is 0.453 e. The lowest BCUT2D eigenvalue weighted by Gasteiger charge is -2.36. The van der Waals surface area contributed by atoms with E-state index in [-0.39, 0.29) is 18.1 Å². The van der Waals surface area contributed by atoms with Crippen LogP contribution in [0.15, 0.2) is 6.33 Å². The Morgan fingerprint density at radius 3 is 2.84 bits per heavy atom. The summed E-state index contributed by atoms with van der Waals surface area (Å²) in [4.78, 5) is 21.7. The van der Waals surface area contributed by atoms with E-state index >= 15 is 0 Å². The van der Waals surface area contributed by atoms with Crippen LogP contribution in [0.25, 0.3) is 0 Å². The number of nitrogens with two attached hydrogens (primary N) is 1. The van der Waals surface area contributed by atoms with Gasteiger partial charge in [0.1, 0.15) is 6.33 Å². The fourth-order valence-corrected chi connectivity index (χ4v) is 2.55. The number of carbonyl (C=O) groups is 1. The number of likely N-dealkylation sites (tertiary alicyclic amines) is 1. The Kier molecular flexibility index (Phi) is 3.99. The van der Waals surface area contributed by atoms with Crippen LogP contribution < -0.4 is 5.73 Å². The van der Waals surface area contributed by atoms with Crippen LogP contribution in [-0.4, -0.2) is 47.2 Å². The molecule has 104 valence electrons. The molecule has 0 spiro atoms. The van der Waals surface area contributed by atoms with E-state index in [0.29, 0.717) is 13.1 Å². The van der Waals surface area contributed by atoms with E-state index in [9.17, 15) is 4.79 Å². The van der Waals surface area contributed by atoms with Crippen molar-refractivity contribution in [1.29, 1.82) is 0 Å². The maximum atomic E-state index is 11.5. The van der Waals surface area contributed by atoms with Gasteiger partial charge in [-0.15, -0.1) is 0 Å². The number of piperidine rings is 1. The quantitative estimate of drug-likeness (QED) is 0.817. The summed E-state index contributed by atoms with van der Waals surface area (Å²) in [7, 11) is 1.39. The van der Waals surface area contributed by atoms with Gasteiger partial charge in [-0.05, 0) is 25.8 Å². The number of nitrogens with zero attached hydrogens (tertiary/aromatic N) is 3. The van der Waals surface area contributed by atoms with Crippen LogP contribution in [-0.2, 0) is 4.74 Å². The topological polar surface area (TPSA) is 81.3 Å². The van der Waals surface area contributed by atoms with Crippen LogP contribution in [0.4, 0.5) is 4.79 Å². The summed E-state index contributed by atoms with van der Waals surface area (Å²) in [6, 6.07) is -0.124. The molecule has 2 rings (SSSR count). The molecule has 2 unspecified atom stereocenters. The molecule has 1 amide bonds. The van der Waals surface area contributed by atoms with Crippen molar-refractivity contribution in [2.75, 3.05) is 20.2 Å². The Hall–Kier alpha value is -1.69. The van der Waals surface area contributed by atoms with Gasteiger partial charge in [0.15, 0.2) is 0 Å². The first-order valence-electron chi connectivity index (χ1n) is 6.41. The molecule has 1 aromatic rings. The van der Waals surface area contributed by atoms with Gasteiger partial charge in [-0.3, -0.25) is 0 Å². The highest BCUT2D eigenvalue weighted by Crippen LogP contribution is 2.28. The second kappa shape index (κ2) is 5.52. The van der Waals surface area contributed by atoms with Crippen molar-refractivity contribution < 1.29 is 9.53 Å². The number of aromatic nitrogens is 2. The minimum absolute atomic E-state index is 0.124. The summed E-state index contributed by atoms with van der Waals surface area (Å²) >= 11 is 0. The summed E-state index contributed by atoms with van der Waals surface area (Å²) in [5.41, 5.74) is 9.28. The van der Waals surface area contributed by atoms with Gasteiger partial charge in [0.05, 0.1) is 12.8 Å². The molecule has 0 bridgehead atoms. The van der Waals surface area contributed by atoms with E-state index in [1.807, 2.05) is 13.8 Å². The molecule has 1 fully saturated rings. The van der Waals surface area contributed by atoms with E-state index in [4.69, 9.17) is 10.5 Å². The monoisotopic (exact) mass is 264 g/mol. The second-order valence-corrected chi connectivity index (χ2v) is 4.94. The van der Waals surface area contributed by atoms with Crippen molar-refractivity contribution in [1.82, 2.24) is 14.9 Å². The lowest BCUT2D eigenvalue weighted by molar-refractivity contribution is 0.107. The van der Waals surface area contributed by atoms with E-state index in [2.05, 4.69) is 9.97 Å². The first-order chi connectivity index (χ1) is 9.04. The van der Waals surface area contributed by atoms with Gasteiger partial charge >= 0.3 is 6.09 Å². The van der Waals surface area contributed by atoms with E-state index in [0.717, 1.165) is 23.4 Å². The van der Waals surface area contributed by atoms with Crippen LogP contribution in [0.5, 0.6) is 0 Å². The molecule has 1 saturated heterocycles. The van der Waals surface area contributed by atoms with Crippen molar-refractivity contribution in [2.45, 2.75) is 32.2 Å². The smallest absolute Gasteiger partial charge is 0.409 e. The third kappa shape index (κ3) is 2.68. The highest BCUT2D eigenvalue weighted by molar-refractivity contribution is 5.67. The predicted molar refractivity (Wildman–Crippen MR) is 70.8 cm³/mol. The highest BCUT2D eigenvalue weighted by atomic mass is 16.5. The second-order valence-electron chi connectivity index (χ2n) is 4.94. The first-order valence-corrected chi connectivity index (χ1v) is 6.41. The standard InChI is InChI=1S/C13H20N4O2/c1-8-9(2)15-7-16-12(8)10-4-5-17(6-11(10)14)13(18)19-3/h7,10-11H,4-6,14H2,1-3H3. The van der Waals surface area contributed by atoms with Gasteiger partial charge in [-0.25, -0.2) is 14.8 Å². The predicted octanol–water partition coefficient (Wildman–Crippen LogP) is 0.976. The SMILES string of the molecule is COC(=O)N1CCC(c2ncnc(C)c2C)C(N)C1. The first kappa shape index (κ1) is 13.7. The zero-order chi connectivity index (χ0) is 14.0. The minimum Gasteiger partial charge on any atom is -0.453 e. The van der Waals surface area contributed by atoms with E-state index in [1.54, 1.807) is 11.2 Å². The minimum atomic E-state index is -0.315. The number of hydrogen-bond donors (Lipinski definition) is 1. The van der Waals surface area contributed by atoms with Gasteiger partial charge in [0, 0.05) is 30.7 Å². The Morgan fingerprint density at radius 2 is 2.21 bits per heavy atom. The fourth-order valence-electron chi connectivity index (χ4n) is 2.55. The highest BCUT2D eigenvalue weighted by Gasteiger charge is 2.32. The lowest BCUT2D eigenvalue weighted by Crippen LogP contribution is -2.49. The third-order valence-corrected chi connectivity index (χ3v) is 3.82. The Balaban J connectivity index is 2.16. The van der Waals surface area contributed by atoms with Crippen molar-refractivity contribution in [3.05, 3.63) is 23.3 Å². The van der Waals surface area contributed by atoms with Crippen LogP contribution in [0.3, 0.4) is 0 Å². The van der Waals surface area contributed by atoms with Crippen molar-refractivity contribution in [3.8, 4) is 0 Å². The molecule has 0 radical (unpaired) electrons. The summed E-state index contributed by atoms with van der Waals surface area (Å²) in [5, 5.41) is 0. The molecule has 2 heterocycles. The van der Waals surface area contributed by atoms with Crippen LogP contribution in [0.1, 0.15) is 29.3 Å². The van der Waals surface area contributed by atoms with Gasteiger partial charge in [0.25, 0.3) is 0 Å². The normalized spacial score (nSPS) is 23.3. The summed E-state index contributed by atoms with van der Waals surface area (Å²) in [6.45, 7) is 5.13. The number of rotatable bonds is 1. The van der Waals surface area contributed by atoms with Gasteiger partial charge in [-0.1, -0.05) is 0 Å². The molecule has 2 N–H and O–H groups in total. The molecule has 6 heteroatoms. The number of aryl methyl sites for hydroxylation is 1. The Morgan fingerprint density at radius 1 is 1.47 bits per heavy atom. The lowest BCUT2D eigenvalue weighted by atomic mass is 9.87. The summed E-state index contributed by atoms with van der Waals surface area (Å²) in [6.07, 6.45) is 2.06. The average Bonchev–Trinajstić information content (AvgIpc) is 2.41. The summed E-state index contributed by atoms with van der Waals surface area (Å²) < 4.78 is 4.73. The number of ether oxygens (including phenoxy) is 1. The number of carbonyl (C=O) groups excluding carboxylic acids is 1. The van der Waals surface area contributed by atoms with E-state index in [1.165, 1.54) is 7.11 Å². The molecular formula is C13H20N4O2. The molecule has 2 atom stereocenters. The molecule has 0 aromatic carbocycles. The summed E-state index contributed by atoms with van der Waals surface area (Å²) in [5.74, 6) is 0.169. The van der Waals surface area contributed by atoms with Crippen LogP contribution in [0, 0.1) is 13.8 Å². The van der Waals surface area contributed by atoms with Crippen molar-refractivity contribution >= 4 is 6.09 Å². The zero-order valence-corrected chi connectivity index (χ0v) is 11.6. The maximum absolute atomic E-state index is 11.5. The fraction of sp³-hybridized carbons (Fsp3) is 0.615. The molecule has 19 heavy (non-hydrogen) atoms.